The Morgan fingerprint density at radius 3 is 2.79 bits per heavy atom. The normalized spacial score (nSPS) is 21.4. The van der Waals surface area contributed by atoms with E-state index >= 15 is 0 Å². The molecular weight excluding hydrogens is 247 g/mol. The van der Waals surface area contributed by atoms with Crippen LogP contribution >= 0.6 is 0 Å². The minimum Gasteiger partial charge on any atom is -0.481 e. The number of hydrogen-bond acceptors (Lipinski definition) is 2. The second kappa shape index (κ2) is 4.23. The van der Waals surface area contributed by atoms with Crippen molar-refractivity contribution in [3.8, 4) is 11.3 Å². The number of carboxylic acids is 1. The molecule has 4 heteroatoms. The van der Waals surface area contributed by atoms with Crippen molar-refractivity contribution in [1.29, 1.82) is 0 Å². The first-order chi connectivity index (χ1) is 9.06. The molecule has 98 valence electrons. The van der Waals surface area contributed by atoms with Crippen LogP contribution in [-0.2, 0) is 4.79 Å². The largest absolute Gasteiger partial charge is 0.481 e. The Hall–Kier alpha value is -2.10. The molecule has 0 radical (unpaired) electrons. The maximum absolute atomic E-state index is 13.1. The van der Waals surface area contributed by atoms with Gasteiger partial charge in [-0.05, 0) is 49.2 Å². The topological polar surface area (TPSA) is 50.4 Å². The second-order valence-electron chi connectivity index (χ2n) is 4.95. The molecule has 19 heavy (non-hydrogen) atoms. The molecule has 1 aromatic heterocycles. The summed E-state index contributed by atoms with van der Waals surface area (Å²) in [7, 11) is 0. The third kappa shape index (κ3) is 2.14. The first-order valence-corrected chi connectivity index (χ1v) is 6.15. The van der Waals surface area contributed by atoms with Gasteiger partial charge >= 0.3 is 5.97 Å². The number of carbonyl (C=O) groups is 1. The summed E-state index contributed by atoms with van der Waals surface area (Å²) in [5.74, 6) is -0.0444. The quantitative estimate of drug-likeness (QED) is 0.917. The second-order valence-corrected chi connectivity index (χ2v) is 4.95. The van der Waals surface area contributed by atoms with Crippen LogP contribution in [0, 0.1) is 18.7 Å². The highest BCUT2D eigenvalue weighted by Gasteiger charge is 2.46. The predicted octanol–water partition coefficient (Wildman–Crippen LogP) is 3.58. The fraction of sp³-hybridized carbons (Fsp3) is 0.267. The summed E-state index contributed by atoms with van der Waals surface area (Å²) >= 11 is 0. The monoisotopic (exact) mass is 260 g/mol. The van der Waals surface area contributed by atoms with E-state index in [4.69, 9.17) is 9.52 Å². The molecule has 1 saturated carbocycles. The van der Waals surface area contributed by atoms with E-state index in [0.29, 0.717) is 17.9 Å². The van der Waals surface area contributed by atoms with Crippen LogP contribution in [0.2, 0.25) is 0 Å². The molecule has 3 nitrogen and oxygen atoms in total. The third-order valence-electron chi connectivity index (χ3n) is 3.55. The van der Waals surface area contributed by atoms with Crippen molar-refractivity contribution in [2.45, 2.75) is 19.3 Å². The summed E-state index contributed by atoms with van der Waals surface area (Å²) in [5.41, 5.74) is 1.63. The van der Waals surface area contributed by atoms with E-state index in [0.717, 1.165) is 11.1 Å². The van der Waals surface area contributed by atoms with E-state index < -0.39 is 5.97 Å². The van der Waals surface area contributed by atoms with Crippen molar-refractivity contribution >= 4 is 5.97 Å². The summed E-state index contributed by atoms with van der Waals surface area (Å²) in [5, 5.41) is 8.90. The lowest BCUT2D eigenvalue weighted by Crippen LogP contribution is -1.98. The van der Waals surface area contributed by atoms with Gasteiger partial charge in [0, 0.05) is 11.5 Å². The highest BCUT2D eigenvalue weighted by molar-refractivity contribution is 5.75. The van der Waals surface area contributed by atoms with Gasteiger partial charge in [-0.2, -0.15) is 0 Å². The van der Waals surface area contributed by atoms with Crippen molar-refractivity contribution in [3.63, 3.8) is 0 Å². The number of rotatable bonds is 3. The molecule has 0 unspecified atom stereocenters. The highest BCUT2D eigenvalue weighted by Crippen LogP contribution is 2.48. The zero-order chi connectivity index (χ0) is 13.6. The molecule has 0 saturated heterocycles. The van der Waals surface area contributed by atoms with E-state index in [1.165, 1.54) is 12.1 Å². The Bertz CT molecular complexity index is 645. The zero-order valence-electron chi connectivity index (χ0n) is 10.4. The summed E-state index contributed by atoms with van der Waals surface area (Å²) in [6.07, 6.45) is 0.630. The molecule has 1 aromatic carbocycles. The fourth-order valence-electron chi connectivity index (χ4n) is 2.38. The Labute approximate surface area is 109 Å². The minimum atomic E-state index is -0.777. The Morgan fingerprint density at radius 2 is 2.16 bits per heavy atom. The lowest BCUT2D eigenvalue weighted by Gasteiger charge is -2.02. The van der Waals surface area contributed by atoms with Gasteiger partial charge in [-0.1, -0.05) is 0 Å². The summed E-state index contributed by atoms with van der Waals surface area (Å²) in [6, 6.07) is 8.14. The van der Waals surface area contributed by atoms with E-state index in [1.807, 2.05) is 19.1 Å². The highest BCUT2D eigenvalue weighted by atomic mass is 19.1. The van der Waals surface area contributed by atoms with Crippen LogP contribution in [-0.4, -0.2) is 11.1 Å². The van der Waals surface area contributed by atoms with E-state index in [-0.39, 0.29) is 17.7 Å². The maximum atomic E-state index is 13.1. The number of furan rings is 1. The zero-order valence-corrected chi connectivity index (χ0v) is 10.4. The third-order valence-corrected chi connectivity index (χ3v) is 3.55. The van der Waals surface area contributed by atoms with Crippen molar-refractivity contribution < 1.29 is 18.7 Å². The molecule has 2 atom stereocenters. The average molecular weight is 260 g/mol. The number of carboxylic acid groups (broad SMARTS) is 1. The SMILES string of the molecule is Cc1cc(F)ccc1-c1ccc([C@H]2C[C@H]2C(=O)O)o1. The smallest absolute Gasteiger partial charge is 0.307 e. The van der Waals surface area contributed by atoms with Gasteiger partial charge in [-0.3, -0.25) is 4.79 Å². The summed E-state index contributed by atoms with van der Waals surface area (Å²) < 4.78 is 18.8. The van der Waals surface area contributed by atoms with E-state index in [2.05, 4.69) is 0 Å². The molecule has 1 aliphatic rings. The standard InChI is InChI=1S/C15H13FO3/c1-8-6-9(16)2-3-10(8)13-4-5-14(19-13)11-7-12(11)15(17)18/h2-6,11-12H,7H2,1H3,(H,17,18)/t11-,12+/m0/s1. The van der Waals surface area contributed by atoms with Gasteiger partial charge in [-0.15, -0.1) is 0 Å². The molecular formula is C15H13FO3. The molecule has 1 heterocycles. The minimum absolute atomic E-state index is 0.0213. The number of aliphatic carboxylic acids is 1. The van der Waals surface area contributed by atoms with Crippen LogP contribution < -0.4 is 0 Å². The Balaban J connectivity index is 1.88. The molecule has 1 N–H and O–H groups in total. The Morgan fingerprint density at radius 1 is 1.37 bits per heavy atom. The van der Waals surface area contributed by atoms with E-state index in [9.17, 15) is 9.18 Å². The van der Waals surface area contributed by atoms with Crippen LogP contribution in [0.3, 0.4) is 0 Å². The van der Waals surface area contributed by atoms with Crippen LogP contribution in [0.5, 0.6) is 0 Å². The molecule has 0 aliphatic heterocycles. The predicted molar refractivity (Wildman–Crippen MR) is 67.3 cm³/mol. The van der Waals surface area contributed by atoms with Crippen molar-refractivity contribution in [2.75, 3.05) is 0 Å². The lowest BCUT2D eigenvalue weighted by molar-refractivity contribution is -0.138. The van der Waals surface area contributed by atoms with Crippen LogP contribution in [0.4, 0.5) is 4.39 Å². The maximum Gasteiger partial charge on any atom is 0.307 e. The van der Waals surface area contributed by atoms with Crippen LogP contribution in [0.1, 0.15) is 23.7 Å². The lowest BCUT2D eigenvalue weighted by atomic mass is 10.1. The Kier molecular flexibility index (Phi) is 2.66. The van der Waals surface area contributed by atoms with Gasteiger partial charge in [0.1, 0.15) is 17.3 Å². The molecule has 1 aliphatic carbocycles. The van der Waals surface area contributed by atoms with Crippen molar-refractivity contribution in [1.82, 2.24) is 0 Å². The van der Waals surface area contributed by atoms with Crippen LogP contribution in [0.15, 0.2) is 34.7 Å². The summed E-state index contributed by atoms with van der Waals surface area (Å²) in [4.78, 5) is 10.8. The molecule has 0 bridgehead atoms. The van der Waals surface area contributed by atoms with Crippen molar-refractivity contribution in [2.24, 2.45) is 5.92 Å². The fourth-order valence-corrected chi connectivity index (χ4v) is 2.38. The van der Waals surface area contributed by atoms with Gasteiger partial charge in [0.25, 0.3) is 0 Å². The number of hydrogen-bond donors (Lipinski definition) is 1. The average Bonchev–Trinajstić information content (AvgIpc) is 3.01. The number of halogens is 1. The van der Waals surface area contributed by atoms with Crippen molar-refractivity contribution in [3.05, 3.63) is 47.5 Å². The van der Waals surface area contributed by atoms with Gasteiger partial charge in [0.05, 0.1) is 5.92 Å². The molecule has 0 spiro atoms. The van der Waals surface area contributed by atoms with Gasteiger partial charge < -0.3 is 9.52 Å². The molecule has 0 amide bonds. The van der Waals surface area contributed by atoms with Gasteiger partial charge in [-0.25, -0.2) is 4.39 Å². The first-order valence-electron chi connectivity index (χ1n) is 6.15. The first kappa shape index (κ1) is 12.0. The molecule has 3 rings (SSSR count). The van der Waals surface area contributed by atoms with Crippen LogP contribution in [0.25, 0.3) is 11.3 Å². The molecule has 2 aromatic rings. The van der Waals surface area contributed by atoms with Gasteiger partial charge in [0.15, 0.2) is 0 Å². The number of benzene rings is 1. The summed E-state index contributed by atoms with van der Waals surface area (Å²) in [6.45, 7) is 1.82. The molecule has 1 fully saturated rings. The van der Waals surface area contributed by atoms with Gasteiger partial charge in [0.2, 0.25) is 0 Å². The number of aryl methyl sites for hydroxylation is 1. The van der Waals surface area contributed by atoms with E-state index in [1.54, 1.807) is 6.07 Å².